The summed E-state index contributed by atoms with van der Waals surface area (Å²) in [4.78, 5) is 27.0. The molecule has 0 amide bonds. The van der Waals surface area contributed by atoms with Crippen LogP contribution in [-0.2, 0) is 20.5 Å². The zero-order valence-electron chi connectivity index (χ0n) is 15.6. The number of hydrogen-bond donors (Lipinski definition) is 1. The van der Waals surface area contributed by atoms with Crippen molar-refractivity contribution in [2.45, 2.75) is 12.5 Å². The Bertz CT molecular complexity index is 1050. The SMILES string of the molecule is COc1c2c(cc3c1[C@@H](c1c(O)n(C)c(=O)n(C)c1=O)N(C)CC3)OCO2. The fourth-order valence-electron chi connectivity index (χ4n) is 3.90. The standard InChI is InChI=1S/C18H21N3O6/c1-19-6-5-9-7-10-14(27-8-26-10)15(25-4)11(9)13(19)12-16(22)20(2)18(24)21(3)17(12)23/h7,13,22H,5-6,8H2,1-4H3/t13-/m0/s1. The molecule has 0 unspecified atom stereocenters. The lowest BCUT2D eigenvalue weighted by atomic mass is 9.87. The summed E-state index contributed by atoms with van der Waals surface area (Å²) in [5, 5.41) is 10.7. The van der Waals surface area contributed by atoms with E-state index in [4.69, 9.17) is 14.2 Å². The van der Waals surface area contributed by atoms with Crippen molar-refractivity contribution in [3.05, 3.63) is 43.6 Å². The fraction of sp³-hybridized carbons (Fsp3) is 0.444. The highest BCUT2D eigenvalue weighted by Gasteiger charge is 2.38. The highest BCUT2D eigenvalue weighted by Crippen LogP contribution is 2.51. The molecule has 0 saturated heterocycles. The van der Waals surface area contributed by atoms with Gasteiger partial charge in [-0.2, -0.15) is 0 Å². The molecular weight excluding hydrogens is 354 g/mol. The monoisotopic (exact) mass is 375 g/mol. The number of rotatable bonds is 2. The molecule has 1 aromatic carbocycles. The molecule has 1 N–H and O–H groups in total. The molecule has 0 fully saturated rings. The highest BCUT2D eigenvalue weighted by atomic mass is 16.7. The van der Waals surface area contributed by atoms with Gasteiger partial charge in [-0.1, -0.05) is 0 Å². The van der Waals surface area contributed by atoms with Crippen LogP contribution in [0.3, 0.4) is 0 Å². The first-order valence-electron chi connectivity index (χ1n) is 8.55. The van der Waals surface area contributed by atoms with Crippen molar-refractivity contribution in [3.8, 4) is 23.1 Å². The number of ether oxygens (including phenoxy) is 3. The Morgan fingerprint density at radius 2 is 1.89 bits per heavy atom. The smallest absolute Gasteiger partial charge is 0.333 e. The first-order chi connectivity index (χ1) is 12.9. The quantitative estimate of drug-likeness (QED) is 0.796. The van der Waals surface area contributed by atoms with Crippen LogP contribution in [0, 0.1) is 0 Å². The van der Waals surface area contributed by atoms with E-state index in [2.05, 4.69) is 0 Å². The Hall–Kier alpha value is -2.94. The highest BCUT2D eigenvalue weighted by molar-refractivity contribution is 5.63. The topological polar surface area (TPSA) is 95.2 Å². The van der Waals surface area contributed by atoms with E-state index in [0.29, 0.717) is 23.8 Å². The van der Waals surface area contributed by atoms with Crippen molar-refractivity contribution in [1.82, 2.24) is 14.0 Å². The zero-order valence-corrected chi connectivity index (χ0v) is 15.6. The van der Waals surface area contributed by atoms with E-state index in [9.17, 15) is 14.7 Å². The van der Waals surface area contributed by atoms with Gasteiger partial charge in [-0.05, 0) is 25.1 Å². The third-order valence-electron chi connectivity index (χ3n) is 5.34. The van der Waals surface area contributed by atoms with Crippen molar-refractivity contribution in [1.29, 1.82) is 0 Å². The second kappa shape index (κ2) is 6.05. The molecular formula is C18H21N3O6. The number of fused-ring (bicyclic) bond motifs is 2. The summed E-state index contributed by atoms with van der Waals surface area (Å²) in [6, 6.07) is 1.30. The van der Waals surface area contributed by atoms with Gasteiger partial charge >= 0.3 is 5.69 Å². The van der Waals surface area contributed by atoms with E-state index < -0.39 is 17.3 Å². The number of aromatic hydroxyl groups is 1. The van der Waals surface area contributed by atoms with Crippen LogP contribution in [-0.4, -0.2) is 46.6 Å². The summed E-state index contributed by atoms with van der Waals surface area (Å²) in [5.41, 5.74) is 0.689. The van der Waals surface area contributed by atoms with Crippen molar-refractivity contribution in [2.75, 3.05) is 27.5 Å². The maximum Gasteiger partial charge on any atom is 0.333 e. The molecule has 2 aromatic rings. The molecule has 0 aliphatic carbocycles. The number of nitrogens with zero attached hydrogens (tertiary/aromatic N) is 3. The normalized spacial score (nSPS) is 18.4. The van der Waals surface area contributed by atoms with Gasteiger partial charge in [-0.15, -0.1) is 0 Å². The number of aromatic nitrogens is 2. The summed E-state index contributed by atoms with van der Waals surface area (Å²) in [6.45, 7) is 0.758. The van der Waals surface area contributed by atoms with Crippen LogP contribution in [0.2, 0.25) is 0 Å². The van der Waals surface area contributed by atoms with Gasteiger partial charge in [0.2, 0.25) is 18.4 Å². The first kappa shape index (κ1) is 17.5. The zero-order chi connectivity index (χ0) is 19.5. The number of hydrogen-bond acceptors (Lipinski definition) is 7. The van der Waals surface area contributed by atoms with Gasteiger partial charge in [-0.3, -0.25) is 18.8 Å². The lowest BCUT2D eigenvalue weighted by Crippen LogP contribution is -2.43. The van der Waals surface area contributed by atoms with Gasteiger partial charge in [0.1, 0.15) is 0 Å². The van der Waals surface area contributed by atoms with Crippen LogP contribution in [0.4, 0.5) is 0 Å². The van der Waals surface area contributed by atoms with Crippen LogP contribution < -0.4 is 25.5 Å². The largest absolute Gasteiger partial charge is 0.494 e. The van der Waals surface area contributed by atoms with Gasteiger partial charge in [-0.25, -0.2) is 4.79 Å². The van der Waals surface area contributed by atoms with E-state index in [0.717, 1.165) is 26.7 Å². The van der Waals surface area contributed by atoms with Crippen LogP contribution in [0.15, 0.2) is 15.7 Å². The van der Waals surface area contributed by atoms with E-state index in [1.807, 2.05) is 18.0 Å². The van der Waals surface area contributed by atoms with Crippen LogP contribution in [0.25, 0.3) is 0 Å². The summed E-state index contributed by atoms with van der Waals surface area (Å²) in [5.74, 6) is 1.21. The number of methoxy groups -OCH3 is 1. The predicted octanol–water partition coefficient (Wildman–Crippen LogP) is 0.104. The maximum atomic E-state index is 12.9. The Kier molecular flexibility index (Phi) is 3.92. The Labute approximate surface area is 154 Å². The Morgan fingerprint density at radius 3 is 2.59 bits per heavy atom. The van der Waals surface area contributed by atoms with Crippen LogP contribution in [0.1, 0.15) is 22.7 Å². The molecule has 0 spiro atoms. The predicted molar refractivity (Wildman–Crippen MR) is 95.9 cm³/mol. The lowest BCUT2D eigenvalue weighted by Gasteiger charge is -2.36. The Morgan fingerprint density at radius 1 is 1.15 bits per heavy atom. The van der Waals surface area contributed by atoms with E-state index in [1.165, 1.54) is 21.2 Å². The van der Waals surface area contributed by atoms with E-state index >= 15 is 0 Å². The second-order valence-corrected chi connectivity index (χ2v) is 6.79. The van der Waals surface area contributed by atoms with Crippen LogP contribution >= 0.6 is 0 Å². The summed E-state index contributed by atoms with van der Waals surface area (Å²) in [7, 11) is 6.22. The molecule has 0 saturated carbocycles. The lowest BCUT2D eigenvalue weighted by molar-refractivity contribution is 0.170. The molecule has 3 heterocycles. The van der Waals surface area contributed by atoms with Crippen molar-refractivity contribution >= 4 is 0 Å². The minimum absolute atomic E-state index is 0.0992. The molecule has 2 aliphatic rings. The molecule has 9 heteroatoms. The van der Waals surface area contributed by atoms with E-state index in [1.54, 1.807) is 0 Å². The fourth-order valence-corrected chi connectivity index (χ4v) is 3.90. The maximum absolute atomic E-state index is 12.9. The minimum atomic E-state index is -0.594. The molecule has 4 rings (SSSR count). The first-order valence-corrected chi connectivity index (χ1v) is 8.55. The summed E-state index contributed by atoms with van der Waals surface area (Å²) >= 11 is 0. The molecule has 9 nitrogen and oxygen atoms in total. The molecule has 0 bridgehead atoms. The molecule has 1 aromatic heterocycles. The summed E-state index contributed by atoms with van der Waals surface area (Å²) < 4.78 is 18.8. The third kappa shape index (κ3) is 2.34. The average molecular weight is 375 g/mol. The second-order valence-electron chi connectivity index (χ2n) is 6.79. The minimum Gasteiger partial charge on any atom is -0.494 e. The average Bonchev–Trinajstić information content (AvgIpc) is 3.13. The van der Waals surface area contributed by atoms with Crippen molar-refractivity contribution in [2.24, 2.45) is 14.1 Å². The van der Waals surface area contributed by atoms with Crippen molar-refractivity contribution in [3.63, 3.8) is 0 Å². The van der Waals surface area contributed by atoms with Crippen molar-refractivity contribution < 1.29 is 19.3 Å². The van der Waals surface area contributed by atoms with Crippen LogP contribution in [0.5, 0.6) is 23.1 Å². The molecule has 1 atom stereocenters. The van der Waals surface area contributed by atoms with Gasteiger partial charge in [0, 0.05) is 26.2 Å². The number of benzene rings is 1. The molecule has 144 valence electrons. The molecule has 2 aliphatic heterocycles. The van der Waals surface area contributed by atoms with Gasteiger partial charge in [0.15, 0.2) is 11.5 Å². The third-order valence-corrected chi connectivity index (χ3v) is 5.34. The Balaban J connectivity index is 2.06. The molecule has 27 heavy (non-hydrogen) atoms. The summed E-state index contributed by atoms with van der Waals surface area (Å²) in [6.07, 6.45) is 0.724. The molecule has 0 radical (unpaired) electrons. The van der Waals surface area contributed by atoms with Gasteiger partial charge in [0.25, 0.3) is 5.56 Å². The number of likely N-dealkylation sites (N-methyl/N-ethyl adjacent to an activating group) is 1. The van der Waals surface area contributed by atoms with Gasteiger partial charge < -0.3 is 19.3 Å². The van der Waals surface area contributed by atoms with E-state index in [-0.39, 0.29) is 18.2 Å². The van der Waals surface area contributed by atoms with Gasteiger partial charge in [0.05, 0.1) is 18.7 Å².